The van der Waals surface area contributed by atoms with Crippen molar-refractivity contribution in [1.29, 1.82) is 0 Å². The van der Waals surface area contributed by atoms with Gasteiger partial charge in [0.2, 0.25) is 11.8 Å². The molecule has 120 valence electrons. The molecule has 0 aliphatic carbocycles. The lowest BCUT2D eigenvalue weighted by molar-refractivity contribution is -0.120. The van der Waals surface area contributed by atoms with Crippen LogP contribution in [-0.2, 0) is 9.59 Å². The van der Waals surface area contributed by atoms with Gasteiger partial charge < -0.3 is 10.6 Å². The van der Waals surface area contributed by atoms with Crippen LogP contribution in [0.25, 0.3) is 0 Å². The van der Waals surface area contributed by atoms with Crippen LogP contribution in [0, 0.1) is 13.8 Å². The second-order valence-electron chi connectivity index (χ2n) is 6.09. The molecular weight excluding hydrogens is 278 g/mol. The van der Waals surface area contributed by atoms with Crippen LogP contribution in [0.4, 0.5) is 5.69 Å². The Balaban J connectivity index is 1.90. The SMILES string of the molecule is CC(=O)NC1CCCN(CC(=O)Nc2c(C)cccc2C)C1. The highest BCUT2D eigenvalue weighted by Gasteiger charge is 2.22. The standard InChI is InChI=1S/C17H25N3O2/c1-12-6-4-7-13(2)17(12)19-16(22)11-20-9-5-8-15(10-20)18-14(3)21/h4,6-7,15H,5,8-11H2,1-3H3,(H,18,21)(H,19,22). The summed E-state index contributed by atoms with van der Waals surface area (Å²) in [6.45, 7) is 7.53. The maximum absolute atomic E-state index is 12.3. The Morgan fingerprint density at radius 2 is 1.95 bits per heavy atom. The summed E-state index contributed by atoms with van der Waals surface area (Å²) in [4.78, 5) is 25.5. The van der Waals surface area contributed by atoms with Gasteiger partial charge >= 0.3 is 0 Å². The molecule has 1 saturated heterocycles. The summed E-state index contributed by atoms with van der Waals surface area (Å²) in [6, 6.07) is 6.13. The molecule has 0 saturated carbocycles. The van der Waals surface area contributed by atoms with Crippen LogP contribution >= 0.6 is 0 Å². The lowest BCUT2D eigenvalue weighted by Gasteiger charge is -2.32. The van der Waals surface area contributed by atoms with E-state index in [9.17, 15) is 9.59 Å². The number of nitrogens with one attached hydrogen (secondary N) is 2. The highest BCUT2D eigenvalue weighted by atomic mass is 16.2. The number of nitrogens with zero attached hydrogens (tertiary/aromatic N) is 1. The summed E-state index contributed by atoms with van der Waals surface area (Å²) in [5.74, 6) is -0.00675. The molecule has 1 atom stereocenters. The maximum atomic E-state index is 12.3. The summed E-state index contributed by atoms with van der Waals surface area (Å²) in [7, 11) is 0. The first-order valence-corrected chi connectivity index (χ1v) is 7.81. The third-order valence-corrected chi connectivity index (χ3v) is 4.03. The Kier molecular flexibility index (Phi) is 5.55. The van der Waals surface area contributed by atoms with E-state index in [-0.39, 0.29) is 17.9 Å². The number of para-hydroxylation sites is 1. The summed E-state index contributed by atoms with van der Waals surface area (Å²) < 4.78 is 0. The summed E-state index contributed by atoms with van der Waals surface area (Å²) in [5, 5.41) is 5.95. The topological polar surface area (TPSA) is 61.4 Å². The number of benzene rings is 1. The average molecular weight is 303 g/mol. The summed E-state index contributed by atoms with van der Waals surface area (Å²) in [6.07, 6.45) is 1.98. The number of anilines is 1. The first-order chi connectivity index (χ1) is 10.5. The Morgan fingerprint density at radius 1 is 1.27 bits per heavy atom. The lowest BCUT2D eigenvalue weighted by Crippen LogP contribution is -2.49. The van der Waals surface area contributed by atoms with E-state index in [0.29, 0.717) is 6.54 Å². The molecule has 1 heterocycles. The van der Waals surface area contributed by atoms with Crippen LogP contribution in [0.5, 0.6) is 0 Å². The van der Waals surface area contributed by atoms with E-state index in [4.69, 9.17) is 0 Å². The quantitative estimate of drug-likeness (QED) is 0.892. The maximum Gasteiger partial charge on any atom is 0.238 e. The summed E-state index contributed by atoms with van der Waals surface area (Å²) in [5.41, 5.74) is 3.05. The molecule has 0 aromatic heterocycles. The van der Waals surface area contributed by atoms with E-state index in [1.165, 1.54) is 6.92 Å². The van der Waals surface area contributed by atoms with Gasteiger partial charge in [0.1, 0.15) is 0 Å². The van der Waals surface area contributed by atoms with Crippen LogP contribution in [0.3, 0.4) is 0 Å². The molecule has 5 heteroatoms. The van der Waals surface area contributed by atoms with Crippen molar-refractivity contribution in [2.75, 3.05) is 25.0 Å². The second kappa shape index (κ2) is 7.40. The highest BCUT2D eigenvalue weighted by molar-refractivity contribution is 5.93. The number of aryl methyl sites for hydroxylation is 2. The largest absolute Gasteiger partial charge is 0.352 e. The van der Waals surface area contributed by atoms with Gasteiger partial charge in [0.25, 0.3) is 0 Å². The van der Waals surface area contributed by atoms with E-state index in [1.807, 2.05) is 32.0 Å². The fourth-order valence-electron chi connectivity index (χ4n) is 3.00. The molecule has 22 heavy (non-hydrogen) atoms. The first-order valence-electron chi connectivity index (χ1n) is 7.81. The van der Waals surface area contributed by atoms with Crippen molar-refractivity contribution in [3.63, 3.8) is 0 Å². The highest BCUT2D eigenvalue weighted by Crippen LogP contribution is 2.19. The number of carbonyl (C=O) groups excluding carboxylic acids is 2. The van der Waals surface area contributed by atoms with Crippen molar-refractivity contribution in [2.24, 2.45) is 0 Å². The van der Waals surface area contributed by atoms with Gasteiger partial charge in [-0.25, -0.2) is 0 Å². The number of piperidine rings is 1. The molecule has 5 nitrogen and oxygen atoms in total. The van der Waals surface area contributed by atoms with E-state index < -0.39 is 0 Å². The van der Waals surface area contributed by atoms with Crippen LogP contribution in [0.15, 0.2) is 18.2 Å². The fraction of sp³-hybridized carbons (Fsp3) is 0.529. The second-order valence-corrected chi connectivity index (χ2v) is 6.09. The molecule has 2 rings (SSSR count). The Morgan fingerprint density at radius 3 is 2.59 bits per heavy atom. The van der Waals surface area contributed by atoms with Crippen molar-refractivity contribution >= 4 is 17.5 Å². The monoisotopic (exact) mass is 303 g/mol. The third kappa shape index (κ3) is 4.56. The number of rotatable bonds is 4. The van der Waals surface area contributed by atoms with Gasteiger partial charge in [-0.3, -0.25) is 14.5 Å². The van der Waals surface area contributed by atoms with Gasteiger partial charge in [-0.1, -0.05) is 18.2 Å². The molecule has 1 unspecified atom stereocenters. The van der Waals surface area contributed by atoms with Gasteiger partial charge in [0.15, 0.2) is 0 Å². The molecule has 1 aromatic rings. The predicted octanol–water partition coefficient (Wildman–Crippen LogP) is 1.84. The minimum Gasteiger partial charge on any atom is -0.352 e. The molecular formula is C17H25N3O2. The smallest absolute Gasteiger partial charge is 0.238 e. The zero-order valence-corrected chi connectivity index (χ0v) is 13.6. The molecule has 1 aliphatic rings. The number of likely N-dealkylation sites (tertiary alicyclic amines) is 1. The third-order valence-electron chi connectivity index (χ3n) is 4.03. The first kappa shape index (κ1) is 16.5. The van der Waals surface area contributed by atoms with E-state index in [2.05, 4.69) is 15.5 Å². The normalized spacial score (nSPS) is 18.8. The Hall–Kier alpha value is -1.88. The number of carbonyl (C=O) groups is 2. The van der Waals surface area contributed by atoms with Crippen molar-refractivity contribution in [2.45, 2.75) is 39.7 Å². The molecule has 2 amide bonds. The molecule has 1 aromatic carbocycles. The number of hydrogen-bond donors (Lipinski definition) is 2. The van der Waals surface area contributed by atoms with Crippen molar-refractivity contribution in [3.05, 3.63) is 29.3 Å². The molecule has 1 fully saturated rings. The van der Waals surface area contributed by atoms with Crippen LogP contribution in [0.2, 0.25) is 0 Å². The zero-order chi connectivity index (χ0) is 16.1. The predicted molar refractivity (Wildman–Crippen MR) is 87.8 cm³/mol. The summed E-state index contributed by atoms with van der Waals surface area (Å²) >= 11 is 0. The Bertz CT molecular complexity index is 537. The van der Waals surface area contributed by atoms with Crippen molar-refractivity contribution in [3.8, 4) is 0 Å². The zero-order valence-electron chi connectivity index (χ0n) is 13.6. The van der Waals surface area contributed by atoms with Gasteiger partial charge in [-0.15, -0.1) is 0 Å². The molecule has 2 N–H and O–H groups in total. The minimum atomic E-state index is -0.00756. The van der Waals surface area contributed by atoms with Crippen LogP contribution in [0.1, 0.15) is 30.9 Å². The van der Waals surface area contributed by atoms with E-state index >= 15 is 0 Å². The average Bonchev–Trinajstić information content (AvgIpc) is 2.42. The minimum absolute atomic E-state index is 0.000810. The Labute approximate surface area is 132 Å². The molecule has 0 radical (unpaired) electrons. The van der Waals surface area contributed by atoms with Crippen LogP contribution in [-0.4, -0.2) is 42.4 Å². The number of amides is 2. The van der Waals surface area contributed by atoms with Gasteiger partial charge in [0.05, 0.1) is 6.54 Å². The van der Waals surface area contributed by atoms with Gasteiger partial charge in [0, 0.05) is 25.2 Å². The number of hydrogen-bond acceptors (Lipinski definition) is 3. The van der Waals surface area contributed by atoms with Crippen molar-refractivity contribution < 1.29 is 9.59 Å². The van der Waals surface area contributed by atoms with E-state index in [1.54, 1.807) is 0 Å². The molecule has 0 spiro atoms. The molecule has 1 aliphatic heterocycles. The van der Waals surface area contributed by atoms with E-state index in [0.717, 1.165) is 42.7 Å². The van der Waals surface area contributed by atoms with Gasteiger partial charge in [-0.05, 0) is 44.4 Å². The lowest BCUT2D eigenvalue weighted by atomic mass is 10.1. The van der Waals surface area contributed by atoms with Gasteiger partial charge in [-0.2, -0.15) is 0 Å². The van der Waals surface area contributed by atoms with Crippen LogP contribution < -0.4 is 10.6 Å². The van der Waals surface area contributed by atoms with Crippen molar-refractivity contribution in [1.82, 2.24) is 10.2 Å². The fourth-order valence-corrected chi connectivity index (χ4v) is 3.00. The molecule has 0 bridgehead atoms.